The summed E-state index contributed by atoms with van der Waals surface area (Å²) in [5, 5.41) is 8.72. The average molecular weight is 142 g/mol. The van der Waals surface area contributed by atoms with Crippen molar-refractivity contribution in [2.24, 2.45) is 0 Å². The standard InChI is InChI=1S/C7H10O3/c1-3-6(8)5-7(9)10-4-2/h1,6,8H,4-5H2,2H3/t6-/m1/s1. The molecule has 0 heterocycles. The minimum absolute atomic E-state index is 0.121. The highest BCUT2D eigenvalue weighted by molar-refractivity contribution is 5.70. The lowest BCUT2D eigenvalue weighted by Gasteiger charge is -2.01. The Kier molecular flexibility index (Phi) is 4.34. The van der Waals surface area contributed by atoms with Crippen molar-refractivity contribution in [2.45, 2.75) is 19.4 Å². The number of carbonyl (C=O) groups is 1. The highest BCUT2D eigenvalue weighted by atomic mass is 16.5. The average Bonchev–Trinajstić information content (AvgIpc) is 1.88. The maximum atomic E-state index is 10.5. The third kappa shape index (κ3) is 3.93. The monoisotopic (exact) mass is 142 g/mol. The van der Waals surface area contributed by atoms with Gasteiger partial charge in [-0.15, -0.1) is 6.42 Å². The van der Waals surface area contributed by atoms with Gasteiger partial charge in [0.25, 0.3) is 0 Å². The Morgan fingerprint density at radius 2 is 2.50 bits per heavy atom. The zero-order valence-electron chi connectivity index (χ0n) is 5.83. The van der Waals surface area contributed by atoms with E-state index in [1.807, 2.05) is 5.92 Å². The second-order valence-corrected chi connectivity index (χ2v) is 1.69. The fraction of sp³-hybridized carbons (Fsp3) is 0.571. The summed E-state index contributed by atoms with van der Waals surface area (Å²) >= 11 is 0. The van der Waals surface area contributed by atoms with Crippen LogP contribution in [0, 0.1) is 12.3 Å². The van der Waals surface area contributed by atoms with Crippen molar-refractivity contribution >= 4 is 5.97 Å². The minimum atomic E-state index is -1.01. The lowest BCUT2D eigenvalue weighted by atomic mass is 10.3. The Labute approximate surface area is 60.0 Å². The van der Waals surface area contributed by atoms with E-state index in [9.17, 15) is 4.79 Å². The molecule has 0 saturated carbocycles. The van der Waals surface area contributed by atoms with Crippen molar-refractivity contribution < 1.29 is 14.6 Å². The maximum absolute atomic E-state index is 10.5. The van der Waals surface area contributed by atoms with E-state index in [0.717, 1.165) is 0 Å². The third-order valence-corrected chi connectivity index (χ3v) is 0.858. The molecule has 0 aliphatic rings. The molecule has 3 nitrogen and oxygen atoms in total. The van der Waals surface area contributed by atoms with Crippen LogP contribution in [0.25, 0.3) is 0 Å². The van der Waals surface area contributed by atoms with Crippen molar-refractivity contribution in [3.63, 3.8) is 0 Å². The predicted molar refractivity (Wildman–Crippen MR) is 36.1 cm³/mol. The number of hydrogen-bond donors (Lipinski definition) is 1. The van der Waals surface area contributed by atoms with E-state index < -0.39 is 12.1 Å². The van der Waals surface area contributed by atoms with Crippen molar-refractivity contribution in [2.75, 3.05) is 6.61 Å². The lowest BCUT2D eigenvalue weighted by molar-refractivity contribution is -0.144. The first-order valence-electron chi connectivity index (χ1n) is 3.00. The summed E-state index contributed by atoms with van der Waals surface area (Å²) in [6.07, 6.45) is 3.67. The van der Waals surface area contributed by atoms with Gasteiger partial charge in [-0.2, -0.15) is 0 Å². The number of aliphatic hydroxyl groups is 1. The third-order valence-electron chi connectivity index (χ3n) is 0.858. The Bertz CT molecular complexity index is 145. The first-order valence-corrected chi connectivity index (χ1v) is 3.00. The smallest absolute Gasteiger partial charge is 0.309 e. The fourth-order valence-corrected chi connectivity index (χ4v) is 0.437. The molecule has 10 heavy (non-hydrogen) atoms. The largest absolute Gasteiger partial charge is 0.466 e. The van der Waals surface area contributed by atoms with Crippen LogP contribution >= 0.6 is 0 Å². The van der Waals surface area contributed by atoms with E-state index in [1.165, 1.54) is 0 Å². The van der Waals surface area contributed by atoms with Gasteiger partial charge in [0.05, 0.1) is 13.0 Å². The molecule has 0 radical (unpaired) electrons. The summed E-state index contributed by atoms with van der Waals surface area (Å²) in [7, 11) is 0. The summed E-state index contributed by atoms with van der Waals surface area (Å²) in [5.41, 5.74) is 0. The topological polar surface area (TPSA) is 46.5 Å². The van der Waals surface area contributed by atoms with Gasteiger partial charge in [-0.1, -0.05) is 5.92 Å². The van der Waals surface area contributed by atoms with Crippen LogP contribution in [0.4, 0.5) is 0 Å². The Morgan fingerprint density at radius 1 is 1.90 bits per heavy atom. The number of carbonyl (C=O) groups excluding carboxylic acids is 1. The van der Waals surface area contributed by atoms with E-state index in [-0.39, 0.29) is 6.42 Å². The highest BCUT2D eigenvalue weighted by Crippen LogP contribution is 1.91. The lowest BCUT2D eigenvalue weighted by Crippen LogP contribution is -2.13. The number of esters is 1. The van der Waals surface area contributed by atoms with Crippen molar-refractivity contribution in [3.05, 3.63) is 0 Å². The molecule has 0 bridgehead atoms. The zero-order valence-corrected chi connectivity index (χ0v) is 5.83. The molecule has 56 valence electrons. The van der Waals surface area contributed by atoms with Crippen molar-refractivity contribution in [1.82, 2.24) is 0 Å². The molecule has 0 aromatic carbocycles. The van der Waals surface area contributed by atoms with Gasteiger partial charge in [0.2, 0.25) is 0 Å². The molecule has 0 fully saturated rings. The number of hydrogen-bond acceptors (Lipinski definition) is 3. The van der Waals surface area contributed by atoms with Gasteiger partial charge in [0.1, 0.15) is 6.10 Å². The fourth-order valence-electron chi connectivity index (χ4n) is 0.437. The van der Waals surface area contributed by atoms with Gasteiger partial charge in [-0.3, -0.25) is 4.79 Å². The van der Waals surface area contributed by atoms with Crippen LogP contribution in [-0.4, -0.2) is 23.8 Å². The summed E-state index contributed by atoms with van der Waals surface area (Å²) < 4.78 is 4.52. The van der Waals surface area contributed by atoms with Crippen LogP contribution in [-0.2, 0) is 9.53 Å². The SMILES string of the molecule is C#C[C@@H](O)CC(=O)OCC. The quantitative estimate of drug-likeness (QED) is 0.443. The van der Waals surface area contributed by atoms with E-state index in [4.69, 9.17) is 11.5 Å². The molecule has 3 heteroatoms. The van der Waals surface area contributed by atoms with Gasteiger partial charge in [0, 0.05) is 0 Å². The van der Waals surface area contributed by atoms with Crippen molar-refractivity contribution in [3.8, 4) is 12.3 Å². The van der Waals surface area contributed by atoms with Crippen LogP contribution in [0.1, 0.15) is 13.3 Å². The number of aliphatic hydroxyl groups excluding tert-OH is 1. The molecule has 0 aromatic rings. The van der Waals surface area contributed by atoms with Gasteiger partial charge < -0.3 is 9.84 Å². The summed E-state index contributed by atoms with van der Waals surface area (Å²) in [6, 6.07) is 0. The normalized spacial score (nSPS) is 11.7. The second-order valence-electron chi connectivity index (χ2n) is 1.69. The van der Waals surface area contributed by atoms with Gasteiger partial charge >= 0.3 is 5.97 Å². The molecule has 1 N–H and O–H groups in total. The summed E-state index contributed by atoms with van der Waals surface area (Å²) in [4.78, 5) is 10.5. The predicted octanol–water partition coefficient (Wildman–Crippen LogP) is -0.0663. The Hall–Kier alpha value is -1.01. The number of terminal acetylenes is 1. The van der Waals surface area contributed by atoms with Crippen molar-refractivity contribution in [1.29, 1.82) is 0 Å². The van der Waals surface area contributed by atoms with Crippen LogP contribution in [0.3, 0.4) is 0 Å². The van der Waals surface area contributed by atoms with E-state index in [2.05, 4.69) is 4.74 Å². The second kappa shape index (κ2) is 4.83. The van der Waals surface area contributed by atoms with E-state index in [0.29, 0.717) is 6.61 Å². The molecule has 0 unspecified atom stereocenters. The molecular weight excluding hydrogens is 132 g/mol. The molecule has 1 atom stereocenters. The summed E-state index contributed by atoms with van der Waals surface area (Å²) in [5.74, 6) is 1.54. The summed E-state index contributed by atoms with van der Waals surface area (Å²) in [6.45, 7) is 2.01. The molecule has 0 rings (SSSR count). The maximum Gasteiger partial charge on any atom is 0.309 e. The molecule has 0 saturated heterocycles. The number of rotatable bonds is 3. The Balaban J connectivity index is 3.49. The first-order chi connectivity index (χ1) is 4.70. The molecule has 0 aliphatic carbocycles. The molecule has 0 spiro atoms. The van der Waals surface area contributed by atoms with Crippen LogP contribution < -0.4 is 0 Å². The van der Waals surface area contributed by atoms with Gasteiger partial charge in [-0.25, -0.2) is 0 Å². The number of ether oxygens (including phenoxy) is 1. The first kappa shape index (κ1) is 8.99. The van der Waals surface area contributed by atoms with E-state index >= 15 is 0 Å². The van der Waals surface area contributed by atoms with Gasteiger partial charge in [0.15, 0.2) is 0 Å². The van der Waals surface area contributed by atoms with Gasteiger partial charge in [-0.05, 0) is 6.92 Å². The van der Waals surface area contributed by atoms with Crippen LogP contribution in [0.2, 0.25) is 0 Å². The van der Waals surface area contributed by atoms with Crippen LogP contribution in [0.5, 0.6) is 0 Å². The zero-order chi connectivity index (χ0) is 7.98. The minimum Gasteiger partial charge on any atom is -0.466 e. The molecule has 0 aromatic heterocycles. The molecule has 0 amide bonds. The molecule has 0 aliphatic heterocycles. The van der Waals surface area contributed by atoms with Crippen LogP contribution in [0.15, 0.2) is 0 Å². The van der Waals surface area contributed by atoms with E-state index in [1.54, 1.807) is 6.92 Å². The highest BCUT2D eigenvalue weighted by Gasteiger charge is 2.07. The Morgan fingerprint density at radius 3 is 2.90 bits per heavy atom. The molecular formula is C7H10O3.